The average molecular weight is 324 g/mol. The number of rotatable bonds is 5. The van der Waals surface area contributed by atoms with Crippen molar-refractivity contribution >= 4 is 17.8 Å². The molecule has 1 N–H and O–H groups in total. The van der Waals surface area contributed by atoms with Crippen molar-refractivity contribution < 1.29 is 23.7 Å². The van der Waals surface area contributed by atoms with Crippen LogP contribution in [0, 0.1) is 16.0 Å². The lowest BCUT2D eigenvalue weighted by molar-refractivity contribution is -0.402. The molecule has 1 heterocycles. The molecule has 0 bridgehead atoms. The summed E-state index contributed by atoms with van der Waals surface area (Å²) < 4.78 is 9.75. The Morgan fingerprint density at radius 3 is 2.70 bits per heavy atom. The van der Waals surface area contributed by atoms with Gasteiger partial charge in [-0.1, -0.05) is 19.8 Å². The molecule has 8 heteroatoms. The zero-order valence-corrected chi connectivity index (χ0v) is 13.1. The molecular weight excluding hydrogens is 304 g/mol. The van der Waals surface area contributed by atoms with Crippen LogP contribution < -0.4 is 5.32 Å². The summed E-state index contributed by atoms with van der Waals surface area (Å²) >= 11 is 0. The van der Waals surface area contributed by atoms with Gasteiger partial charge in [0, 0.05) is 6.04 Å². The molecule has 1 aromatic rings. The van der Waals surface area contributed by atoms with Crippen LogP contribution in [0.2, 0.25) is 0 Å². The fourth-order valence-corrected chi connectivity index (χ4v) is 2.64. The zero-order valence-electron chi connectivity index (χ0n) is 13.1. The van der Waals surface area contributed by atoms with Crippen molar-refractivity contribution in [3.8, 4) is 0 Å². The van der Waals surface area contributed by atoms with Gasteiger partial charge in [-0.2, -0.15) is 0 Å². The van der Waals surface area contributed by atoms with E-state index in [9.17, 15) is 19.7 Å². The molecule has 1 fully saturated rings. The van der Waals surface area contributed by atoms with E-state index in [-0.39, 0.29) is 17.7 Å². The molecule has 8 nitrogen and oxygen atoms in total. The minimum atomic E-state index is -0.999. The first kappa shape index (κ1) is 17.0. The van der Waals surface area contributed by atoms with E-state index in [4.69, 9.17) is 9.15 Å². The van der Waals surface area contributed by atoms with Crippen molar-refractivity contribution in [2.24, 2.45) is 5.92 Å². The molecule has 0 radical (unpaired) electrons. The van der Waals surface area contributed by atoms with E-state index in [2.05, 4.69) is 12.2 Å². The number of carbonyl (C=O) groups excluding carboxylic acids is 2. The van der Waals surface area contributed by atoms with Gasteiger partial charge in [0.25, 0.3) is 5.91 Å². The van der Waals surface area contributed by atoms with E-state index >= 15 is 0 Å². The smallest absolute Gasteiger partial charge is 0.433 e. The van der Waals surface area contributed by atoms with Crippen molar-refractivity contribution in [2.45, 2.75) is 51.7 Å². The molecule has 1 aliphatic carbocycles. The van der Waals surface area contributed by atoms with Crippen LogP contribution >= 0.6 is 0 Å². The van der Waals surface area contributed by atoms with Gasteiger partial charge in [-0.25, -0.2) is 4.79 Å². The predicted octanol–water partition coefficient (Wildman–Crippen LogP) is 2.43. The Morgan fingerprint density at radius 2 is 2.09 bits per heavy atom. The summed E-state index contributed by atoms with van der Waals surface area (Å²) in [5, 5.41) is 13.4. The summed E-state index contributed by atoms with van der Waals surface area (Å²) in [5.41, 5.74) is 0. The van der Waals surface area contributed by atoms with Crippen LogP contribution in [0.4, 0.5) is 5.88 Å². The minimum absolute atomic E-state index is 0.0853. The lowest BCUT2D eigenvalue weighted by Gasteiger charge is -2.30. The van der Waals surface area contributed by atoms with Gasteiger partial charge < -0.3 is 14.5 Å². The maximum Gasteiger partial charge on any atom is 0.433 e. The Hall–Kier alpha value is -2.38. The van der Waals surface area contributed by atoms with Crippen molar-refractivity contribution in [2.75, 3.05) is 0 Å². The Balaban J connectivity index is 1.89. The van der Waals surface area contributed by atoms with Gasteiger partial charge >= 0.3 is 11.9 Å². The normalized spacial score (nSPS) is 22.2. The molecule has 1 aromatic heterocycles. The molecule has 23 heavy (non-hydrogen) atoms. The summed E-state index contributed by atoms with van der Waals surface area (Å²) in [5.74, 6) is -1.74. The molecule has 1 aliphatic rings. The summed E-state index contributed by atoms with van der Waals surface area (Å²) in [7, 11) is 0. The number of ether oxygens (including phenoxy) is 1. The van der Waals surface area contributed by atoms with Crippen molar-refractivity contribution in [1.29, 1.82) is 0 Å². The summed E-state index contributed by atoms with van der Waals surface area (Å²) in [4.78, 5) is 33.7. The molecule has 1 amide bonds. The second kappa shape index (κ2) is 7.26. The van der Waals surface area contributed by atoms with Crippen LogP contribution in [-0.2, 0) is 9.53 Å². The maximum absolute atomic E-state index is 12.1. The standard InChI is InChI=1S/C15H20N2O6/c1-9-5-3-4-6-11(9)16-14(18)10(2)22-15(19)12-7-8-13(23-12)17(20)21/h7-11H,3-6H2,1-2H3,(H,16,18)/t9-,10-,11-/m1/s1. The molecule has 0 spiro atoms. The molecular formula is C15H20N2O6. The van der Waals surface area contributed by atoms with E-state index in [1.54, 1.807) is 0 Å². The van der Waals surface area contributed by atoms with Gasteiger partial charge in [0.2, 0.25) is 5.76 Å². The molecule has 3 atom stereocenters. The van der Waals surface area contributed by atoms with Gasteiger partial charge in [-0.15, -0.1) is 0 Å². The Labute approximate surface area is 133 Å². The first-order chi connectivity index (χ1) is 10.9. The van der Waals surface area contributed by atoms with E-state index in [0.29, 0.717) is 5.92 Å². The SMILES string of the molecule is C[C@@H]1CCCC[C@H]1NC(=O)[C@@H](C)OC(=O)c1ccc([N+](=O)[O-])o1. The largest absolute Gasteiger partial charge is 0.447 e. The molecule has 1 saturated carbocycles. The molecule has 0 aromatic carbocycles. The third-order valence-corrected chi connectivity index (χ3v) is 4.07. The van der Waals surface area contributed by atoms with E-state index in [0.717, 1.165) is 37.8 Å². The Kier molecular flexibility index (Phi) is 5.36. The second-order valence-corrected chi connectivity index (χ2v) is 5.82. The molecule has 2 rings (SSSR count). The topological polar surface area (TPSA) is 112 Å². The first-order valence-corrected chi connectivity index (χ1v) is 7.64. The van der Waals surface area contributed by atoms with Crippen LogP contribution in [0.1, 0.15) is 50.1 Å². The number of esters is 1. The highest BCUT2D eigenvalue weighted by molar-refractivity contribution is 5.90. The zero-order chi connectivity index (χ0) is 17.0. The van der Waals surface area contributed by atoms with Gasteiger partial charge in [0.1, 0.15) is 4.92 Å². The molecule has 126 valence electrons. The Morgan fingerprint density at radius 1 is 1.39 bits per heavy atom. The van der Waals surface area contributed by atoms with Crippen molar-refractivity contribution in [3.63, 3.8) is 0 Å². The van der Waals surface area contributed by atoms with Gasteiger partial charge in [-0.05, 0) is 31.7 Å². The minimum Gasteiger partial charge on any atom is -0.447 e. The van der Waals surface area contributed by atoms with E-state index < -0.39 is 22.9 Å². The predicted molar refractivity (Wildman–Crippen MR) is 79.8 cm³/mol. The third-order valence-electron chi connectivity index (χ3n) is 4.07. The summed E-state index contributed by atoms with van der Waals surface area (Å²) in [6.07, 6.45) is 3.21. The van der Waals surface area contributed by atoms with Crippen LogP contribution in [0.3, 0.4) is 0 Å². The van der Waals surface area contributed by atoms with Crippen LogP contribution in [0.25, 0.3) is 0 Å². The average Bonchev–Trinajstić information content (AvgIpc) is 2.99. The lowest BCUT2D eigenvalue weighted by Crippen LogP contribution is -2.45. The maximum atomic E-state index is 12.1. The number of furan rings is 1. The molecule has 0 aliphatic heterocycles. The van der Waals surface area contributed by atoms with Crippen LogP contribution in [0.15, 0.2) is 16.5 Å². The summed E-state index contributed by atoms with van der Waals surface area (Å²) in [6.45, 7) is 3.54. The monoisotopic (exact) mass is 324 g/mol. The number of hydrogen-bond donors (Lipinski definition) is 1. The highest BCUT2D eigenvalue weighted by Gasteiger charge is 2.27. The third kappa shape index (κ3) is 4.30. The lowest BCUT2D eigenvalue weighted by atomic mass is 9.86. The number of nitrogens with one attached hydrogen (secondary N) is 1. The first-order valence-electron chi connectivity index (χ1n) is 7.64. The number of hydrogen-bond acceptors (Lipinski definition) is 6. The number of carbonyl (C=O) groups is 2. The van der Waals surface area contributed by atoms with Crippen molar-refractivity contribution in [1.82, 2.24) is 5.32 Å². The fraction of sp³-hybridized carbons (Fsp3) is 0.600. The van der Waals surface area contributed by atoms with Crippen molar-refractivity contribution in [3.05, 3.63) is 28.0 Å². The Bertz CT molecular complexity index is 597. The highest BCUT2D eigenvalue weighted by Crippen LogP contribution is 2.24. The molecule has 0 unspecified atom stereocenters. The van der Waals surface area contributed by atoms with E-state index in [1.165, 1.54) is 6.92 Å². The highest BCUT2D eigenvalue weighted by atomic mass is 16.7. The second-order valence-electron chi connectivity index (χ2n) is 5.82. The number of nitrogens with zero attached hydrogens (tertiary/aromatic N) is 1. The van der Waals surface area contributed by atoms with Crippen LogP contribution in [0.5, 0.6) is 0 Å². The van der Waals surface area contributed by atoms with Crippen LogP contribution in [-0.4, -0.2) is 28.9 Å². The van der Waals surface area contributed by atoms with Gasteiger partial charge in [0.15, 0.2) is 6.10 Å². The van der Waals surface area contributed by atoms with Gasteiger partial charge in [0.05, 0.1) is 6.07 Å². The number of nitro groups is 1. The quantitative estimate of drug-likeness (QED) is 0.506. The van der Waals surface area contributed by atoms with Gasteiger partial charge in [-0.3, -0.25) is 14.9 Å². The van der Waals surface area contributed by atoms with E-state index in [1.807, 2.05) is 0 Å². The molecule has 0 saturated heterocycles. The fourth-order valence-electron chi connectivity index (χ4n) is 2.64. The number of amides is 1. The summed E-state index contributed by atoms with van der Waals surface area (Å²) in [6, 6.07) is 2.29.